The molecule has 0 saturated carbocycles. The zero-order valence-electron chi connectivity index (χ0n) is 21.2. The van der Waals surface area contributed by atoms with Crippen LogP contribution in [0.1, 0.15) is 13.3 Å². The molecule has 1 aromatic carbocycles. The molecule has 192 valence electrons. The fourth-order valence-electron chi connectivity index (χ4n) is 3.30. The molecule has 0 aliphatic rings. The molecule has 0 aliphatic heterocycles. The Labute approximate surface area is 215 Å². The highest BCUT2D eigenvalue weighted by Crippen LogP contribution is 2.28. The Morgan fingerprint density at radius 2 is 2.05 bits per heavy atom. The highest BCUT2D eigenvalue weighted by Gasteiger charge is 2.13. The van der Waals surface area contributed by atoms with Crippen LogP contribution >= 0.6 is 0 Å². The van der Waals surface area contributed by atoms with Gasteiger partial charge in [-0.2, -0.15) is 0 Å². The molecule has 0 bridgehead atoms. The van der Waals surface area contributed by atoms with E-state index >= 15 is 0 Å². The van der Waals surface area contributed by atoms with Crippen LogP contribution in [-0.2, 0) is 4.79 Å². The largest absolute Gasteiger partial charge is 0.453 e. The van der Waals surface area contributed by atoms with Gasteiger partial charge in [-0.15, -0.1) is 0 Å². The number of hydrogen-bond acceptors (Lipinski definition) is 8. The maximum Gasteiger partial charge on any atom is 0.215 e. The molecule has 10 heteroatoms. The highest BCUT2D eigenvalue weighted by molar-refractivity contribution is 5.93. The van der Waals surface area contributed by atoms with Crippen molar-refractivity contribution in [2.75, 3.05) is 37.4 Å². The number of nitrogens with zero attached hydrogens (tertiary/aromatic N) is 6. The van der Waals surface area contributed by atoms with Gasteiger partial charge in [0.15, 0.2) is 11.6 Å². The third kappa shape index (κ3) is 7.52. The number of amides is 1. The van der Waals surface area contributed by atoms with Crippen molar-refractivity contribution in [2.24, 2.45) is 4.99 Å². The van der Waals surface area contributed by atoms with Crippen molar-refractivity contribution < 1.29 is 13.9 Å². The van der Waals surface area contributed by atoms with E-state index in [1.807, 2.05) is 21.0 Å². The van der Waals surface area contributed by atoms with Gasteiger partial charge < -0.3 is 15.0 Å². The number of pyridine rings is 1. The molecular weight excluding hydrogens is 473 g/mol. The van der Waals surface area contributed by atoms with E-state index in [0.717, 1.165) is 13.0 Å². The van der Waals surface area contributed by atoms with Crippen molar-refractivity contribution in [1.82, 2.24) is 19.9 Å². The summed E-state index contributed by atoms with van der Waals surface area (Å²) in [6.45, 7) is 10.3. The average molecular weight is 504 g/mol. The minimum Gasteiger partial charge on any atom is -0.453 e. The Morgan fingerprint density at radius 3 is 2.73 bits per heavy atom. The molecule has 37 heavy (non-hydrogen) atoms. The Kier molecular flexibility index (Phi) is 9.56. The molecule has 2 aromatic heterocycles. The van der Waals surface area contributed by atoms with E-state index in [0.29, 0.717) is 41.2 Å². The van der Waals surface area contributed by atoms with Gasteiger partial charge in [-0.25, -0.2) is 19.3 Å². The zero-order chi connectivity index (χ0) is 26.8. The first-order chi connectivity index (χ1) is 17.8. The number of fused-ring (bicyclic) bond motifs is 1. The van der Waals surface area contributed by atoms with Crippen molar-refractivity contribution in [2.45, 2.75) is 13.3 Å². The van der Waals surface area contributed by atoms with E-state index < -0.39 is 5.82 Å². The van der Waals surface area contributed by atoms with Gasteiger partial charge in [-0.05, 0) is 58.4 Å². The predicted octanol–water partition coefficient (Wildman–Crippen LogP) is 4.88. The normalized spacial score (nSPS) is 11.9. The number of allylic oxidation sites excluding steroid dienone is 1. The number of likely N-dealkylation sites (N-methyl/N-ethyl adjacent to an activating group) is 1. The minimum atomic E-state index is -0.590. The summed E-state index contributed by atoms with van der Waals surface area (Å²) >= 11 is 0. The van der Waals surface area contributed by atoms with Gasteiger partial charge in [-0.3, -0.25) is 14.7 Å². The van der Waals surface area contributed by atoms with E-state index in [-0.39, 0.29) is 11.5 Å². The van der Waals surface area contributed by atoms with Gasteiger partial charge in [0, 0.05) is 30.2 Å². The number of ether oxygens (including phenoxy) is 1. The van der Waals surface area contributed by atoms with Crippen LogP contribution in [0.3, 0.4) is 0 Å². The second-order valence-corrected chi connectivity index (χ2v) is 8.43. The van der Waals surface area contributed by atoms with Gasteiger partial charge in [0.1, 0.15) is 23.7 Å². The second-order valence-electron chi connectivity index (χ2n) is 8.43. The molecule has 0 fully saturated rings. The van der Waals surface area contributed by atoms with Crippen LogP contribution in [0.25, 0.3) is 10.9 Å². The predicted molar refractivity (Wildman–Crippen MR) is 146 cm³/mol. The fraction of sp³-hybridized carbons (Fsp3) is 0.222. The molecule has 3 rings (SSSR count). The van der Waals surface area contributed by atoms with Gasteiger partial charge in [-0.1, -0.05) is 18.2 Å². The van der Waals surface area contributed by atoms with Crippen LogP contribution in [0.5, 0.6) is 5.75 Å². The number of halogens is 1. The van der Waals surface area contributed by atoms with E-state index in [1.165, 1.54) is 41.2 Å². The monoisotopic (exact) mass is 503 g/mol. The summed E-state index contributed by atoms with van der Waals surface area (Å²) in [5.41, 5.74) is 2.20. The molecule has 0 spiro atoms. The first-order valence-electron chi connectivity index (χ1n) is 11.5. The van der Waals surface area contributed by atoms with Gasteiger partial charge in [0.2, 0.25) is 6.41 Å². The summed E-state index contributed by atoms with van der Waals surface area (Å²) in [6.07, 6.45) is 9.31. The molecule has 9 nitrogen and oxygen atoms in total. The minimum absolute atomic E-state index is 0.0101. The van der Waals surface area contributed by atoms with Crippen LogP contribution in [0.15, 0.2) is 78.0 Å². The summed E-state index contributed by atoms with van der Waals surface area (Å²) < 4.78 is 20.2. The molecule has 3 aromatic rings. The number of aromatic nitrogens is 3. The average Bonchev–Trinajstić information content (AvgIpc) is 2.89. The quantitative estimate of drug-likeness (QED) is 0.117. The molecule has 0 saturated heterocycles. The Balaban J connectivity index is 1.83. The maximum atomic E-state index is 14.7. The first-order valence-corrected chi connectivity index (χ1v) is 11.5. The lowest BCUT2D eigenvalue weighted by molar-refractivity contribution is -0.107. The number of benzene rings is 1. The molecule has 1 N–H and O–H groups in total. The Hall–Kier alpha value is -4.44. The molecule has 1 amide bonds. The molecule has 0 atom stereocenters. The Morgan fingerprint density at radius 1 is 1.24 bits per heavy atom. The van der Waals surface area contributed by atoms with E-state index in [9.17, 15) is 9.18 Å². The number of carbonyl (C=O) groups excluding carboxylic acids is 1. The fourth-order valence-corrected chi connectivity index (χ4v) is 3.30. The van der Waals surface area contributed by atoms with Crippen molar-refractivity contribution in [1.29, 1.82) is 0 Å². The summed E-state index contributed by atoms with van der Waals surface area (Å²) in [7, 11) is 4.01. The van der Waals surface area contributed by atoms with E-state index in [4.69, 9.17) is 4.74 Å². The van der Waals surface area contributed by atoms with Crippen LogP contribution in [0.4, 0.5) is 21.7 Å². The van der Waals surface area contributed by atoms with Crippen LogP contribution in [-0.4, -0.2) is 60.2 Å². The number of carbonyl (C=O) groups is 1. The van der Waals surface area contributed by atoms with Crippen molar-refractivity contribution in [3.8, 4) is 5.75 Å². The maximum absolute atomic E-state index is 14.7. The first kappa shape index (κ1) is 27.2. The number of anilines is 3. The van der Waals surface area contributed by atoms with Crippen LogP contribution in [0, 0.1) is 5.82 Å². The van der Waals surface area contributed by atoms with Crippen molar-refractivity contribution >= 4 is 41.4 Å². The van der Waals surface area contributed by atoms with Gasteiger partial charge in [0.25, 0.3) is 0 Å². The van der Waals surface area contributed by atoms with E-state index in [2.05, 4.69) is 49.5 Å². The lowest BCUT2D eigenvalue weighted by atomic mass is 10.2. The zero-order valence-corrected chi connectivity index (χ0v) is 21.2. The lowest BCUT2D eigenvalue weighted by Crippen LogP contribution is -2.23. The van der Waals surface area contributed by atoms with E-state index in [1.54, 1.807) is 18.3 Å². The van der Waals surface area contributed by atoms with Gasteiger partial charge >= 0.3 is 0 Å². The third-order valence-electron chi connectivity index (χ3n) is 5.32. The standard InChI is InChI=1S/C27H30FN7O2/c1-6-21(15-29-3)37-25-8-7-20(13-23(25)28)33-27-22-14-26(30-16-24(22)31-17-32-27)35(18-36)12-10-19(2)9-11-34(4)5/h6-9,13-18H,1,3,10-12H2,2,4-5H3,(H,31,32,33)/b19-9-,21-15+. The Bertz CT molecular complexity index is 1340. The second kappa shape index (κ2) is 13.0. The summed E-state index contributed by atoms with van der Waals surface area (Å²) in [4.78, 5) is 32.0. The summed E-state index contributed by atoms with van der Waals surface area (Å²) in [6, 6.07) is 6.15. The third-order valence-corrected chi connectivity index (χ3v) is 5.32. The number of rotatable bonds is 13. The van der Waals surface area contributed by atoms with Crippen LogP contribution in [0.2, 0.25) is 0 Å². The molecule has 0 radical (unpaired) electrons. The van der Waals surface area contributed by atoms with Crippen LogP contribution < -0.4 is 15.0 Å². The molecular formula is C27H30FN7O2. The number of hydrogen-bond donors (Lipinski definition) is 1. The van der Waals surface area contributed by atoms with Gasteiger partial charge in [0.05, 0.1) is 17.9 Å². The summed E-state index contributed by atoms with van der Waals surface area (Å²) in [5, 5.41) is 3.74. The molecule has 2 heterocycles. The van der Waals surface area contributed by atoms with Crippen molar-refractivity contribution in [3.63, 3.8) is 0 Å². The van der Waals surface area contributed by atoms with Crippen molar-refractivity contribution in [3.05, 3.63) is 78.9 Å². The smallest absolute Gasteiger partial charge is 0.215 e. The molecule has 0 aliphatic carbocycles. The molecule has 0 unspecified atom stereocenters. The number of nitrogens with one attached hydrogen (secondary N) is 1. The highest BCUT2D eigenvalue weighted by atomic mass is 19.1. The SMILES string of the molecule is C=C/C(=C\N=C)Oc1ccc(Nc2ncnc3cnc(N(C=O)CC/C(C)=C\CN(C)C)cc23)cc1F. The summed E-state index contributed by atoms with van der Waals surface area (Å²) in [5.74, 6) is 0.593. The topological polar surface area (TPSA) is 95.8 Å². The lowest BCUT2D eigenvalue weighted by Gasteiger charge is -2.18. The number of aliphatic imine (C=N–C) groups is 1.